The van der Waals surface area contributed by atoms with E-state index in [4.69, 9.17) is 38.9 Å². The van der Waals surface area contributed by atoms with Gasteiger partial charge in [0.15, 0.2) is 0 Å². The number of nitrogens with two attached hydrogens (primary N) is 1. The van der Waals surface area contributed by atoms with Crippen LogP contribution in [0.2, 0.25) is 0 Å². The number of carbonyl (C=O) groups excluding carboxylic acids is 2. The summed E-state index contributed by atoms with van der Waals surface area (Å²) < 4.78 is 37.8. The third kappa shape index (κ3) is 15.9. The second-order valence-corrected chi connectivity index (χ2v) is 11.4. The molecule has 0 saturated carbocycles. The number of carboxylic acid groups (broad SMARTS) is 1. The molecule has 5 N–H and O–H groups in total. The first-order valence-electron chi connectivity index (χ1n) is 17.3. The lowest BCUT2D eigenvalue weighted by Gasteiger charge is -2.17. The second kappa shape index (κ2) is 25.3. The van der Waals surface area contributed by atoms with E-state index in [9.17, 15) is 19.5 Å². The molecule has 1 aliphatic rings. The monoisotopic (exact) mass is 703 g/mol. The van der Waals surface area contributed by atoms with E-state index in [0.717, 1.165) is 22.3 Å². The van der Waals surface area contributed by atoms with Gasteiger partial charge >= 0.3 is 12.1 Å². The molecule has 0 heterocycles. The molecular formula is C36H53N3O11. The van der Waals surface area contributed by atoms with Crippen LogP contribution in [0.5, 0.6) is 0 Å². The molecule has 0 saturated heterocycles. The van der Waals surface area contributed by atoms with Crippen LogP contribution in [0.1, 0.15) is 42.7 Å². The Morgan fingerprint density at radius 3 is 1.66 bits per heavy atom. The molecule has 2 aromatic carbocycles. The average Bonchev–Trinajstić information content (AvgIpc) is 3.44. The molecule has 0 spiro atoms. The molecule has 1 aliphatic carbocycles. The largest absolute Gasteiger partial charge is 0.480 e. The molecule has 14 heteroatoms. The Kier molecular flexibility index (Phi) is 20.7. The van der Waals surface area contributed by atoms with Crippen molar-refractivity contribution in [3.05, 3.63) is 59.7 Å². The van der Waals surface area contributed by atoms with Gasteiger partial charge in [0.25, 0.3) is 0 Å². The number of alkyl carbamates (subject to hydrolysis) is 1. The molecular weight excluding hydrogens is 650 g/mol. The molecule has 0 bridgehead atoms. The van der Waals surface area contributed by atoms with Crippen molar-refractivity contribution in [2.45, 2.75) is 37.6 Å². The Morgan fingerprint density at radius 1 is 0.680 bits per heavy atom. The molecule has 278 valence electrons. The van der Waals surface area contributed by atoms with Crippen molar-refractivity contribution in [1.82, 2.24) is 10.6 Å². The summed E-state index contributed by atoms with van der Waals surface area (Å²) in [7, 11) is 0. The molecule has 0 aliphatic heterocycles. The molecule has 50 heavy (non-hydrogen) atoms. The number of hydrogen-bond donors (Lipinski definition) is 4. The second-order valence-electron chi connectivity index (χ2n) is 11.4. The maximum Gasteiger partial charge on any atom is 0.407 e. The molecule has 0 aromatic heterocycles. The normalized spacial score (nSPS) is 12.7. The van der Waals surface area contributed by atoms with Crippen molar-refractivity contribution in [3.63, 3.8) is 0 Å². The summed E-state index contributed by atoms with van der Waals surface area (Å²) in [6, 6.07) is 14.9. The summed E-state index contributed by atoms with van der Waals surface area (Å²) in [5.41, 5.74) is 9.71. The summed E-state index contributed by atoms with van der Waals surface area (Å²) in [5, 5.41) is 14.9. The minimum atomic E-state index is -1.14. The fraction of sp³-hybridized carbons (Fsp3) is 0.583. The Balaban J connectivity index is 1.12. The minimum absolute atomic E-state index is 0.103. The van der Waals surface area contributed by atoms with Gasteiger partial charge in [-0.1, -0.05) is 48.5 Å². The van der Waals surface area contributed by atoms with Crippen LogP contribution in [0.3, 0.4) is 0 Å². The molecule has 0 unspecified atom stereocenters. The lowest BCUT2D eigenvalue weighted by atomic mass is 9.98. The lowest BCUT2D eigenvalue weighted by molar-refractivity contribution is -0.139. The van der Waals surface area contributed by atoms with E-state index >= 15 is 0 Å². The number of carbonyl (C=O) groups is 3. The van der Waals surface area contributed by atoms with Crippen LogP contribution in [-0.2, 0) is 42.7 Å². The number of fused-ring (bicyclic) bond motifs is 3. The van der Waals surface area contributed by atoms with Crippen molar-refractivity contribution in [1.29, 1.82) is 0 Å². The predicted molar refractivity (Wildman–Crippen MR) is 185 cm³/mol. The first-order valence-corrected chi connectivity index (χ1v) is 17.3. The van der Waals surface area contributed by atoms with Gasteiger partial charge in [-0.05, 0) is 41.5 Å². The van der Waals surface area contributed by atoms with Crippen LogP contribution >= 0.6 is 0 Å². The van der Waals surface area contributed by atoms with E-state index in [1.807, 2.05) is 48.5 Å². The predicted octanol–water partition coefficient (Wildman–Crippen LogP) is 2.71. The number of nitrogens with one attached hydrogen (secondary N) is 2. The Morgan fingerprint density at radius 2 is 1.16 bits per heavy atom. The number of hydrogen-bond acceptors (Lipinski definition) is 11. The van der Waals surface area contributed by atoms with E-state index in [2.05, 4.69) is 10.6 Å². The van der Waals surface area contributed by atoms with Gasteiger partial charge in [0.05, 0.1) is 79.3 Å². The van der Waals surface area contributed by atoms with Gasteiger partial charge in [-0.25, -0.2) is 9.59 Å². The fourth-order valence-corrected chi connectivity index (χ4v) is 5.28. The first-order chi connectivity index (χ1) is 24.5. The Hall–Kier alpha value is -3.63. The van der Waals surface area contributed by atoms with Gasteiger partial charge < -0.3 is 54.6 Å². The lowest BCUT2D eigenvalue weighted by Crippen LogP contribution is -2.41. The van der Waals surface area contributed by atoms with Crippen molar-refractivity contribution in [2.75, 3.05) is 99.0 Å². The number of unbranched alkanes of at least 4 members (excludes halogenated alkanes) is 1. The van der Waals surface area contributed by atoms with Gasteiger partial charge in [-0.15, -0.1) is 0 Å². The van der Waals surface area contributed by atoms with Gasteiger partial charge in [0.1, 0.15) is 12.6 Å². The molecule has 2 aromatic rings. The van der Waals surface area contributed by atoms with Crippen molar-refractivity contribution in [3.8, 4) is 11.1 Å². The van der Waals surface area contributed by atoms with Crippen LogP contribution in [0, 0.1) is 0 Å². The maximum absolute atomic E-state index is 12.5. The van der Waals surface area contributed by atoms with Crippen LogP contribution in [0.15, 0.2) is 48.5 Å². The highest BCUT2D eigenvalue weighted by atomic mass is 16.6. The topological polar surface area (TPSA) is 186 Å². The zero-order valence-corrected chi connectivity index (χ0v) is 28.8. The third-order valence-corrected chi connectivity index (χ3v) is 7.77. The minimum Gasteiger partial charge on any atom is -0.480 e. The number of rotatable bonds is 29. The van der Waals surface area contributed by atoms with E-state index in [1.165, 1.54) is 0 Å². The third-order valence-electron chi connectivity index (χ3n) is 7.77. The van der Waals surface area contributed by atoms with E-state index in [1.54, 1.807) is 0 Å². The Bertz CT molecular complexity index is 1220. The number of amides is 2. The summed E-state index contributed by atoms with van der Waals surface area (Å²) in [6.45, 7) is 6.39. The zero-order chi connectivity index (χ0) is 35.7. The van der Waals surface area contributed by atoms with E-state index < -0.39 is 18.1 Å². The highest BCUT2D eigenvalue weighted by Gasteiger charge is 2.29. The fourth-order valence-electron chi connectivity index (χ4n) is 5.28. The number of carboxylic acids is 1. The SMILES string of the molecule is NCCOCCOCCOCCOCCOCCOCCC(=O)NCCCC[C@H](NC(=O)OCC1c2ccccc2-c2ccccc21)C(=O)O. The highest BCUT2D eigenvalue weighted by molar-refractivity contribution is 5.81. The van der Waals surface area contributed by atoms with Crippen LogP contribution in [-0.4, -0.2) is 128 Å². The standard InChI is InChI=1S/C36H53N3O11/c37-13-16-45-18-20-47-22-24-49-26-25-48-23-21-46-19-17-44-15-12-34(40)38-14-6-5-11-33(35(41)42)39-36(43)50-27-32-30-9-3-1-7-28(30)29-8-2-4-10-31(29)32/h1-4,7-10,32-33H,5-6,11-27,37H2,(H,38,40)(H,39,43)(H,41,42)/t33-/m0/s1. The number of benzene rings is 2. The highest BCUT2D eigenvalue weighted by Crippen LogP contribution is 2.44. The summed E-state index contributed by atoms with van der Waals surface area (Å²) in [5.74, 6) is -1.41. The number of aliphatic carboxylic acids is 1. The van der Waals surface area contributed by atoms with Gasteiger partial charge in [0, 0.05) is 25.4 Å². The molecule has 2 amide bonds. The number of ether oxygens (including phenoxy) is 7. The molecule has 1 atom stereocenters. The molecule has 3 rings (SSSR count). The van der Waals surface area contributed by atoms with E-state index in [0.29, 0.717) is 98.6 Å². The average molecular weight is 704 g/mol. The molecule has 0 fully saturated rings. The summed E-state index contributed by atoms with van der Waals surface area (Å²) in [6.07, 6.45) is 0.696. The smallest absolute Gasteiger partial charge is 0.407 e. The Labute approximate surface area is 294 Å². The van der Waals surface area contributed by atoms with Crippen LogP contribution in [0.4, 0.5) is 4.79 Å². The van der Waals surface area contributed by atoms with Gasteiger partial charge in [-0.3, -0.25) is 4.79 Å². The quantitative estimate of drug-likeness (QED) is 0.0910. The van der Waals surface area contributed by atoms with Crippen LogP contribution < -0.4 is 16.4 Å². The zero-order valence-electron chi connectivity index (χ0n) is 28.8. The van der Waals surface area contributed by atoms with Crippen molar-refractivity contribution >= 4 is 18.0 Å². The van der Waals surface area contributed by atoms with Gasteiger partial charge in [0.2, 0.25) is 5.91 Å². The maximum atomic E-state index is 12.5. The van der Waals surface area contributed by atoms with Crippen molar-refractivity contribution < 1.29 is 52.6 Å². The molecule has 14 nitrogen and oxygen atoms in total. The first kappa shape index (κ1) is 40.8. The van der Waals surface area contributed by atoms with E-state index in [-0.39, 0.29) is 37.9 Å². The van der Waals surface area contributed by atoms with Crippen LogP contribution in [0.25, 0.3) is 11.1 Å². The van der Waals surface area contributed by atoms with Crippen molar-refractivity contribution in [2.24, 2.45) is 5.73 Å². The van der Waals surface area contributed by atoms with Gasteiger partial charge in [-0.2, -0.15) is 0 Å². The summed E-state index contributed by atoms with van der Waals surface area (Å²) in [4.78, 5) is 36.4. The molecule has 0 radical (unpaired) electrons. The summed E-state index contributed by atoms with van der Waals surface area (Å²) >= 11 is 0.